The molecule has 6 nitrogen and oxygen atoms in total. The number of rotatable bonds is 4. The molecular weight excluding hydrogens is 481 g/mol. The monoisotopic (exact) mass is 510 g/mol. The zero-order valence-corrected chi connectivity index (χ0v) is 20.8. The number of carbonyl (C=O) groups excluding carboxylic acids is 1. The standard InChI is InChI=1S/C28H29F3N4O2/c1-3-35-15-20-16-37-10-4-5-22(20)24-11-19(14-33-26(24)35)23-13-21(7-6-17(23)2)34-27(36)18-8-9-32-25(12-18)28(29,30)31/h6-9,11-14,20,22H,3-5,10,15-16H2,1-2H3,(H,34,36)/t20-,22-/m1/s1. The predicted molar refractivity (Wildman–Crippen MR) is 136 cm³/mol. The van der Waals surface area contributed by atoms with E-state index < -0.39 is 17.8 Å². The number of carbonyl (C=O) groups is 1. The van der Waals surface area contributed by atoms with Gasteiger partial charge in [-0.25, -0.2) is 4.98 Å². The van der Waals surface area contributed by atoms with Crippen molar-refractivity contribution < 1.29 is 22.7 Å². The molecule has 0 unspecified atom stereocenters. The van der Waals surface area contributed by atoms with Gasteiger partial charge in [0.25, 0.3) is 5.91 Å². The summed E-state index contributed by atoms with van der Waals surface area (Å²) in [5.41, 5.74) is 3.36. The molecule has 1 amide bonds. The summed E-state index contributed by atoms with van der Waals surface area (Å²) in [5.74, 6) is 1.19. The maximum absolute atomic E-state index is 13.0. The van der Waals surface area contributed by atoms with E-state index in [0.717, 1.165) is 73.9 Å². The van der Waals surface area contributed by atoms with E-state index in [1.807, 2.05) is 25.3 Å². The third kappa shape index (κ3) is 5.18. The van der Waals surface area contributed by atoms with Crippen LogP contribution in [0.4, 0.5) is 24.7 Å². The minimum Gasteiger partial charge on any atom is -0.381 e. The molecule has 5 rings (SSSR count). The fraction of sp³-hybridized carbons (Fsp3) is 0.393. The first kappa shape index (κ1) is 25.2. The molecule has 2 aromatic heterocycles. The molecule has 0 spiro atoms. The summed E-state index contributed by atoms with van der Waals surface area (Å²) in [6.45, 7) is 7.45. The van der Waals surface area contributed by atoms with Gasteiger partial charge in [0.1, 0.15) is 11.5 Å². The fourth-order valence-electron chi connectivity index (χ4n) is 5.33. The summed E-state index contributed by atoms with van der Waals surface area (Å²) < 4.78 is 44.9. The van der Waals surface area contributed by atoms with Gasteiger partial charge in [-0.3, -0.25) is 9.78 Å². The van der Waals surface area contributed by atoms with Crippen LogP contribution in [0.1, 0.15) is 52.9 Å². The van der Waals surface area contributed by atoms with Crippen LogP contribution in [0.15, 0.2) is 48.8 Å². The largest absolute Gasteiger partial charge is 0.433 e. The number of hydrogen-bond acceptors (Lipinski definition) is 5. The first-order valence-electron chi connectivity index (χ1n) is 12.5. The molecule has 194 valence electrons. The molecular formula is C28H29F3N4O2. The van der Waals surface area contributed by atoms with Crippen molar-refractivity contribution in [1.82, 2.24) is 9.97 Å². The number of ether oxygens (including phenoxy) is 1. The first-order chi connectivity index (χ1) is 17.7. The Kier molecular flexibility index (Phi) is 6.90. The minimum atomic E-state index is -4.62. The number of hydrogen-bond donors (Lipinski definition) is 1. The molecule has 0 bridgehead atoms. The molecule has 9 heteroatoms. The number of amides is 1. The fourth-order valence-corrected chi connectivity index (χ4v) is 5.33. The number of fused-ring (bicyclic) bond motifs is 3. The highest BCUT2D eigenvalue weighted by Gasteiger charge is 2.35. The molecule has 0 aliphatic carbocycles. The number of alkyl halides is 3. The van der Waals surface area contributed by atoms with Gasteiger partial charge in [-0.2, -0.15) is 13.2 Å². The molecule has 1 aromatic carbocycles. The van der Waals surface area contributed by atoms with E-state index in [-0.39, 0.29) is 5.56 Å². The van der Waals surface area contributed by atoms with Crippen molar-refractivity contribution in [2.75, 3.05) is 36.5 Å². The van der Waals surface area contributed by atoms with Gasteiger partial charge in [0.15, 0.2) is 0 Å². The number of aromatic nitrogens is 2. The second-order valence-corrected chi connectivity index (χ2v) is 9.67. The van der Waals surface area contributed by atoms with Crippen molar-refractivity contribution in [1.29, 1.82) is 0 Å². The van der Waals surface area contributed by atoms with Gasteiger partial charge in [0, 0.05) is 54.8 Å². The van der Waals surface area contributed by atoms with Crippen LogP contribution < -0.4 is 10.2 Å². The number of anilines is 2. The summed E-state index contributed by atoms with van der Waals surface area (Å²) in [5, 5.41) is 2.73. The van der Waals surface area contributed by atoms with Crippen LogP contribution in [0.25, 0.3) is 11.1 Å². The van der Waals surface area contributed by atoms with E-state index in [0.29, 0.717) is 17.5 Å². The SMILES string of the molecule is CCN1C[C@@H]2COCCC[C@H]2c2cc(-c3cc(NC(=O)c4ccnc(C(F)(F)F)c4)ccc3C)cnc21. The van der Waals surface area contributed by atoms with Crippen molar-refractivity contribution in [2.24, 2.45) is 5.92 Å². The number of pyridine rings is 2. The third-order valence-corrected chi connectivity index (χ3v) is 7.25. The molecule has 0 saturated carbocycles. The van der Waals surface area contributed by atoms with E-state index in [2.05, 4.69) is 28.2 Å². The van der Waals surface area contributed by atoms with E-state index in [1.54, 1.807) is 6.07 Å². The van der Waals surface area contributed by atoms with Crippen molar-refractivity contribution in [3.05, 3.63) is 71.2 Å². The van der Waals surface area contributed by atoms with Crippen LogP contribution >= 0.6 is 0 Å². The zero-order chi connectivity index (χ0) is 26.2. The maximum Gasteiger partial charge on any atom is 0.433 e. The van der Waals surface area contributed by atoms with Crippen LogP contribution in [-0.4, -0.2) is 42.2 Å². The third-order valence-electron chi connectivity index (χ3n) is 7.25. The van der Waals surface area contributed by atoms with Crippen LogP contribution in [0.2, 0.25) is 0 Å². The lowest BCUT2D eigenvalue weighted by molar-refractivity contribution is -0.141. The van der Waals surface area contributed by atoms with Gasteiger partial charge in [-0.05, 0) is 79.6 Å². The van der Waals surface area contributed by atoms with Gasteiger partial charge in [0.2, 0.25) is 0 Å². The topological polar surface area (TPSA) is 67.3 Å². The highest BCUT2D eigenvalue weighted by Crippen LogP contribution is 2.43. The summed E-state index contributed by atoms with van der Waals surface area (Å²) in [6.07, 6.45) is 0.302. The van der Waals surface area contributed by atoms with Gasteiger partial charge in [-0.1, -0.05) is 6.07 Å². The maximum atomic E-state index is 13.0. The Balaban J connectivity index is 1.45. The molecule has 2 atom stereocenters. The molecule has 2 aliphatic heterocycles. The highest BCUT2D eigenvalue weighted by molar-refractivity contribution is 6.04. The second-order valence-electron chi connectivity index (χ2n) is 9.67. The number of nitrogens with zero attached hydrogens (tertiary/aromatic N) is 3. The van der Waals surface area contributed by atoms with Crippen LogP contribution in [0.5, 0.6) is 0 Å². The summed E-state index contributed by atoms with van der Waals surface area (Å²) in [7, 11) is 0. The Labute approximate surface area is 213 Å². The van der Waals surface area contributed by atoms with Crippen LogP contribution in [0, 0.1) is 12.8 Å². The molecule has 0 radical (unpaired) electrons. The van der Waals surface area contributed by atoms with E-state index >= 15 is 0 Å². The summed E-state index contributed by atoms with van der Waals surface area (Å²) in [4.78, 5) is 23.2. The van der Waals surface area contributed by atoms with Crippen molar-refractivity contribution in [2.45, 2.75) is 38.8 Å². The Morgan fingerprint density at radius 3 is 2.81 bits per heavy atom. The molecule has 4 heterocycles. The molecule has 37 heavy (non-hydrogen) atoms. The van der Waals surface area contributed by atoms with Gasteiger partial charge in [0.05, 0.1) is 6.61 Å². The molecule has 3 aromatic rings. The quantitative estimate of drug-likeness (QED) is 0.461. The zero-order valence-electron chi connectivity index (χ0n) is 20.8. The van der Waals surface area contributed by atoms with Crippen molar-refractivity contribution >= 4 is 17.4 Å². The highest BCUT2D eigenvalue weighted by atomic mass is 19.4. The molecule has 2 aliphatic rings. The van der Waals surface area contributed by atoms with Crippen molar-refractivity contribution in [3.8, 4) is 11.1 Å². The van der Waals surface area contributed by atoms with E-state index in [4.69, 9.17) is 9.72 Å². The molecule has 1 fully saturated rings. The Morgan fingerprint density at radius 1 is 1.19 bits per heavy atom. The molecule has 1 saturated heterocycles. The van der Waals surface area contributed by atoms with Crippen molar-refractivity contribution in [3.63, 3.8) is 0 Å². The second kappa shape index (κ2) is 10.1. The lowest BCUT2D eigenvalue weighted by Gasteiger charge is -2.39. The number of aryl methyl sites for hydroxylation is 1. The van der Waals surface area contributed by atoms with Crippen LogP contribution in [-0.2, 0) is 10.9 Å². The minimum absolute atomic E-state index is 0.110. The average molecular weight is 511 g/mol. The van der Waals surface area contributed by atoms with Crippen LogP contribution in [0.3, 0.4) is 0 Å². The lowest BCUT2D eigenvalue weighted by atomic mass is 9.79. The normalized spacial score (nSPS) is 19.5. The summed E-state index contributed by atoms with van der Waals surface area (Å²) >= 11 is 0. The Bertz CT molecular complexity index is 1310. The lowest BCUT2D eigenvalue weighted by Crippen LogP contribution is -2.39. The smallest absolute Gasteiger partial charge is 0.381 e. The summed E-state index contributed by atoms with van der Waals surface area (Å²) in [6, 6.07) is 9.70. The van der Waals surface area contributed by atoms with Gasteiger partial charge >= 0.3 is 6.18 Å². The number of benzene rings is 1. The van der Waals surface area contributed by atoms with Gasteiger partial charge in [-0.15, -0.1) is 0 Å². The predicted octanol–water partition coefficient (Wildman–Crippen LogP) is 6.07. The van der Waals surface area contributed by atoms with Gasteiger partial charge < -0.3 is 15.0 Å². The average Bonchev–Trinajstić information content (AvgIpc) is 3.14. The molecule has 1 N–H and O–H groups in total. The number of nitrogens with one attached hydrogen (secondary N) is 1. The Hall–Kier alpha value is -3.46. The first-order valence-corrected chi connectivity index (χ1v) is 12.5. The number of halogens is 3. The van der Waals surface area contributed by atoms with E-state index in [9.17, 15) is 18.0 Å². The Morgan fingerprint density at radius 2 is 2.03 bits per heavy atom. The van der Waals surface area contributed by atoms with E-state index in [1.165, 1.54) is 11.6 Å².